The molecule has 0 aliphatic carbocycles. The first kappa shape index (κ1) is 14.5. The molecule has 19 heavy (non-hydrogen) atoms. The van der Waals surface area contributed by atoms with Crippen LogP contribution < -0.4 is 5.32 Å². The Kier molecular flexibility index (Phi) is 4.94. The number of nitrogens with zero attached hydrogens (tertiary/aromatic N) is 1. The lowest BCUT2D eigenvalue weighted by molar-refractivity contribution is 0.160. The summed E-state index contributed by atoms with van der Waals surface area (Å²) in [5.41, 5.74) is 0.680. The fourth-order valence-corrected chi connectivity index (χ4v) is 2.76. The number of piperidine rings is 1. The number of nitrogens with one attached hydrogen (secondary N) is 1. The second-order valence-corrected chi connectivity index (χ2v) is 5.62. The maximum absolute atomic E-state index is 12.3. The third kappa shape index (κ3) is 3.54. The Bertz CT molecular complexity index is 465. The zero-order valence-corrected chi connectivity index (χ0v) is 12.5. The van der Waals surface area contributed by atoms with Gasteiger partial charge in [-0.15, -0.1) is 0 Å². The van der Waals surface area contributed by atoms with Gasteiger partial charge in [-0.05, 0) is 43.9 Å². The molecule has 1 heterocycles. The molecule has 1 aromatic rings. The van der Waals surface area contributed by atoms with Crippen molar-refractivity contribution >= 4 is 34.9 Å². The Balaban J connectivity index is 2.05. The Morgan fingerprint density at radius 2 is 2.16 bits per heavy atom. The van der Waals surface area contributed by atoms with Gasteiger partial charge >= 0.3 is 6.03 Å². The highest BCUT2D eigenvalue weighted by Gasteiger charge is 2.25. The second-order valence-electron chi connectivity index (χ2n) is 4.81. The van der Waals surface area contributed by atoms with Crippen molar-refractivity contribution in [1.82, 2.24) is 4.90 Å². The maximum Gasteiger partial charge on any atom is 0.322 e. The maximum atomic E-state index is 12.3. The van der Waals surface area contributed by atoms with Crippen molar-refractivity contribution in [3.05, 3.63) is 28.2 Å². The summed E-state index contributed by atoms with van der Waals surface area (Å²) in [6, 6.07) is 5.41. The van der Waals surface area contributed by atoms with E-state index in [0.717, 1.165) is 25.8 Å². The molecule has 1 N–H and O–H groups in total. The van der Waals surface area contributed by atoms with Gasteiger partial charge in [0.25, 0.3) is 0 Å². The van der Waals surface area contributed by atoms with Crippen LogP contribution in [0.15, 0.2) is 18.2 Å². The van der Waals surface area contributed by atoms with E-state index in [2.05, 4.69) is 12.2 Å². The van der Waals surface area contributed by atoms with Crippen molar-refractivity contribution in [1.29, 1.82) is 0 Å². The van der Waals surface area contributed by atoms with Crippen LogP contribution in [0.5, 0.6) is 0 Å². The Morgan fingerprint density at radius 1 is 1.37 bits per heavy atom. The normalized spacial score (nSPS) is 19.3. The van der Waals surface area contributed by atoms with Crippen LogP contribution in [-0.2, 0) is 0 Å². The van der Waals surface area contributed by atoms with E-state index < -0.39 is 0 Å². The fraction of sp³-hybridized carbons (Fsp3) is 0.500. The van der Waals surface area contributed by atoms with Crippen LogP contribution in [-0.4, -0.2) is 23.5 Å². The lowest BCUT2D eigenvalue weighted by Gasteiger charge is -2.35. The predicted octanol–water partition coefficient (Wildman–Crippen LogP) is 4.79. The van der Waals surface area contributed by atoms with Crippen LogP contribution in [0.3, 0.4) is 0 Å². The van der Waals surface area contributed by atoms with E-state index in [4.69, 9.17) is 23.2 Å². The van der Waals surface area contributed by atoms with E-state index in [1.165, 1.54) is 6.42 Å². The smallest absolute Gasteiger partial charge is 0.322 e. The predicted molar refractivity (Wildman–Crippen MR) is 80.1 cm³/mol. The Labute approximate surface area is 123 Å². The Hall–Kier alpha value is -0.930. The molecule has 1 atom stereocenters. The highest BCUT2D eigenvalue weighted by Crippen LogP contribution is 2.26. The Morgan fingerprint density at radius 3 is 2.84 bits per heavy atom. The van der Waals surface area contributed by atoms with Gasteiger partial charge in [-0.1, -0.05) is 30.1 Å². The molecule has 0 bridgehead atoms. The number of likely N-dealkylation sites (tertiary alicyclic amines) is 1. The third-order valence-corrected chi connectivity index (χ3v) is 4.27. The molecule has 2 amide bonds. The second kappa shape index (κ2) is 6.49. The number of hydrogen-bond acceptors (Lipinski definition) is 1. The molecule has 1 fully saturated rings. The van der Waals surface area contributed by atoms with Crippen LogP contribution in [0.1, 0.15) is 32.6 Å². The molecule has 1 saturated heterocycles. The molecule has 0 aromatic heterocycles. The van der Waals surface area contributed by atoms with E-state index in [1.54, 1.807) is 18.2 Å². The number of benzene rings is 1. The number of rotatable bonds is 2. The van der Waals surface area contributed by atoms with Gasteiger partial charge in [0.15, 0.2) is 0 Å². The van der Waals surface area contributed by atoms with Gasteiger partial charge in [0.05, 0.1) is 10.0 Å². The minimum absolute atomic E-state index is 0.0510. The van der Waals surface area contributed by atoms with E-state index in [0.29, 0.717) is 21.8 Å². The summed E-state index contributed by atoms with van der Waals surface area (Å²) in [5, 5.41) is 3.83. The van der Waals surface area contributed by atoms with Crippen molar-refractivity contribution in [3.63, 3.8) is 0 Å². The first-order chi connectivity index (χ1) is 9.11. The van der Waals surface area contributed by atoms with Gasteiger partial charge in [0, 0.05) is 18.3 Å². The van der Waals surface area contributed by atoms with Crippen molar-refractivity contribution in [3.8, 4) is 0 Å². The number of amides is 2. The van der Waals surface area contributed by atoms with E-state index in [9.17, 15) is 4.79 Å². The van der Waals surface area contributed by atoms with E-state index >= 15 is 0 Å². The van der Waals surface area contributed by atoms with Crippen LogP contribution in [0.25, 0.3) is 0 Å². The summed E-state index contributed by atoms with van der Waals surface area (Å²) in [5.74, 6) is 0. The number of carbonyl (C=O) groups is 1. The molecule has 0 radical (unpaired) electrons. The van der Waals surface area contributed by atoms with E-state index in [1.807, 2.05) is 4.90 Å². The third-order valence-electron chi connectivity index (χ3n) is 3.53. The van der Waals surface area contributed by atoms with Crippen molar-refractivity contribution in [2.75, 3.05) is 11.9 Å². The SMILES string of the molecule is CC[C@@H]1CCCCN1C(=O)Nc1ccc(Cl)c(Cl)c1. The zero-order chi connectivity index (χ0) is 13.8. The molecule has 1 aromatic carbocycles. The average Bonchev–Trinajstić information content (AvgIpc) is 2.43. The van der Waals surface area contributed by atoms with Crippen molar-refractivity contribution < 1.29 is 4.79 Å². The highest BCUT2D eigenvalue weighted by molar-refractivity contribution is 6.42. The van der Waals surface area contributed by atoms with Crippen LogP contribution in [0.4, 0.5) is 10.5 Å². The summed E-state index contributed by atoms with van der Waals surface area (Å²) < 4.78 is 0. The average molecular weight is 301 g/mol. The molecule has 5 heteroatoms. The van der Waals surface area contributed by atoms with Gasteiger partial charge in [-0.2, -0.15) is 0 Å². The number of carbonyl (C=O) groups excluding carboxylic acids is 1. The largest absolute Gasteiger partial charge is 0.322 e. The first-order valence-electron chi connectivity index (χ1n) is 6.64. The first-order valence-corrected chi connectivity index (χ1v) is 7.40. The van der Waals surface area contributed by atoms with Crippen LogP contribution >= 0.6 is 23.2 Å². The number of anilines is 1. The molecule has 1 aliphatic rings. The van der Waals surface area contributed by atoms with Gasteiger partial charge < -0.3 is 10.2 Å². The minimum atomic E-state index is -0.0510. The lowest BCUT2D eigenvalue weighted by Crippen LogP contribution is -2.45. The van der Waals surface area contributed by atoms with Crippen molar-refractivity contribution in [2.45, 2.75) is 38.6 Å². The van der Waals surface area contributed by atoms with Gasteiger partial charge in [0.2, 0.25) is 0 Å². The van der Waals surface area contributed by atoms with Crippen LogP contribution in [0, 0.1) is 0 Å². The molecule has 0 spiro atoms. The molecule has 0 unspecified atom stereocenters. The van der Waals surface area contributed by atoms with Gasteiger partial charge in [-0.25, -0.2) is 4.79 Å². The van der Waals surface area contributed by atoms with Crippen LogP contribution in [0.2, 0.25) is 10.0 Å². The molecular weight excluding hydrogens is 283 g/mol. The van der Waals surface area contributed by atoms with Crippen molar-refractivity contribution in [2.24, 2.45) is 0 Å². The fourth-order valence-electron chi connectivity index (χ4n) is 2.46. The summed E-state index contributed by atoms with van der Waals surface area (Å²) in [6.07, 6.45) is 4.36. The summed E-state index contributed by atoms with van der Waals surface area (Å²) in [4.78, 5) is 14.2. The van der Waals surface area contributed by atoms with Gasteiger partial charge in [-0.3, -0.25) is 0 Å². The van der Waals surface area contributed by atoms with E-state index in [-0.39, 0.29) is 6.03 Å². The molecule has 3 nitrogen and oxygen atoms in total. The standard InChI is InChI=1S/C14H18Cl2N2O/c1-2-11-5-3-4-8-18(11)14(19)17-10-6-7-12(15)13(16)9-10/h6-7,9,11H,2-5,8H2,1H3,(H,17,19)/t11-/m1/s1. The zero-order valence-electron chi connectivity index (χ0n) is 11.0. The lowest BCUT2D eigenvalue weighted by atomic mass is 10.0. The number of hydrogen-bond donors (Lipinski definition) is 1. The molecule has 1 aliphatic heterocycles. The summed E-state index contributed by atoms with van der Waals surface area (Å²) in [6.45, 7) is 2.95. The van der Waals surface area contributed by atoms with Gasteiger partial charge in [0.1, 0.15) is 0 Å². The number of urea groups is 1. The molecular formula is C14H18Cl2N2O. The number of halogens is 2. The molecule has 104 valence electrons. The quantitative estimate of drug-likeness (QED) is 0.837. The molecule has 0 saturated carbocycles. The minimum Gasteiger partial charge on any atom is -0.322 e. The topological polar surface area (TPSA) is 32.3 Å². The monoisotopic (exact) mass is 300 g/mol. The highest BCUT2D eigenvalue weighted by atomic mass is 35.5. The summed E-state index contributed by atoms with van der Waals surface area (Å²) in [7, 11) is 0. The summed E-state index contributed by atoms with van der Waals surface area (Å²) >= 11 is 11.8. The molecule has 2 rings (SSSR count).